The molecule has 0 saturated carbocycles. The number of pyridine rings is 1. The van der Waals surface area contributed by atoms with Crippen LogP contribution in [0.15, 0.2) is 212 Å². The van der Waals surface area contributed by atoms with Crippen molar-refractivity contribution in [3.05, 3.63) is 257 Å². The Hall–Kier alpha value is -7.39. The maximum Gasteiger partial charge on any atom is 0.0720 e. The maximum atomic E-state index is 5.38. The van der Waals surface area contributed by atoms with Crippen LogP contribution in [0.1, 0.15) is 44.5 Å². The zero-order chi connectivity index (χ0) is 39.9. The number of hydrogen-bond donors (Lipinski definition) is 0. The standard InChI is InChI=1S/C59H35NS/c1-2-16-36(17-3-1)42-35-53(60-52-28-14-6-20-40(42)52)37-30-31-46-43(34-37)56-51(32-33-55-57(56)41-21-7-15-29-54(41)61-55)59(46)49-26-12-10-24-47(49)58(48-25-11-13-27-50(48)59)44-22-8-4-18-38(44)39-19-5-9-23-45(39)58/h1-35H. The summed E-state index contributed by atoms with van der Waals surface area (Å²) in [6.45, 7) is 0. The first kappa shape index (κ1) is 33.4. The highest BCUT2D eigenvalue weighted by Gasteiger charge is 2.59. The minimum absolute atomic E-state index is 0.476. The summed E-state index contributed by atoms with van der Waals surface area (Å²) in [4.78, 5) is 5.38. The molecule has 3 aliphatic rings. The smallest absolute Gasteiger partial charge is 0.0720 e. The minimum Gasteiger partial charge on any atom is -0.248 e. The van der Waals surface area contributed by atoms with Crippen LogP contribution in [0.5, 0.6) is 0 Å². The molecule has 0 fully saturated rings. The van der Waals surface area contributed by atoms with E-state index in [1.54, 1.807) is 0 Å². The summed E-state index contributed by atoms with van der Waals surface area (Å²) in [6, 6.07) is 79.8. The van der Waals surface area contributed by atoms with E-state index in [2.05, 4.69) is 212 Å². The summed E-state index contributed by atoms with van der Waals surface area (Å²) >= 11 is 1.90. The third kappa shape index (κ3) is 4.13. The summed E-state index contributed by atoms with van der Waals surface area (Å²) in [7, 11) is 0. The summed E-state index contributed by atoms with van der Waals surface area (Å²) < 4.78 is 2.63. The highest BCUT2D eigenvalue weighted by atomic mass is 32.1. The lowest BCUT2D eigenvalue weighted by atomic mass is 9.52. The molecule has 282 valence electrons. The van der Waals surface area contributed by atoms with Crippen LogP contribution in [0.2, 0.25) is 0 Å². The zero-order valence-corrected chi connectivity index (χ0v) is 33.9. The normalized spacial score (nSPS) is 14.5. The predicted octanol–water partition coefficient (Wildman–Crippen LogP) is 15.0. The molecule has 61 heavy (non-hydrogen) atoms. The van der Waals surface area contributed by atoms with Crippen LogP contribution in [0.3, 0.4) is 0 Å². The lowest BCUT2D eigenvalue weighted by Gasteiger charge is -2.48. The van der Waals surface area contributed by atoms with Crippen LogP contribution < -0.4 is 0 Å². The Balaban J connectivity index is 1.12. The van der Waals surface area contributed by atoms with Gasteiger partial charge in [-0.1, -0.05) is 182 Å². The zero-order valence-electron chi connectivity index (χ0n) is 33.1. The first-order valence-corrected chi connectivity index (χ1v) is 22.0. The lowest BCUT2D eigenvalue weighted by Crippen LogP contribution is -2.43. The molecule has 3 aliphatic carbocycles. The van der Waals surface area contributed by atoms with E-state index in [9.17, 15) is 0 Å². The molecule has 1 nitrogen and oxygen atoms in total. The van der Waals surface area contributed by atoms with Gasteiger partial charge in [0.05, 0.1) is 22.0 Å². The average molecular weight is 790 g/mol. The first-order chi connectivity index (χ1) is 30.3. The van der Waals surface area contributed by atoms with Crippen molar-refractivity contribution in [1.82, 2.24) is 4.98 Å². The number of hydrogen-bond acceptors (Lipinski definition) is 2. The molecule has 11 aromatic rings. The Morgan fingerprint density at radius 1 is 0.328 bits per heavy atom. The van der Waals surface area contributed by atoms with Crippen LogP contribution in [-0.4, -0.2) is 4.98 Å². The van der Waals surface area contributed by atoms with Gasteiger partial charge in [-0.05, 0) is 108 Å². The van der Waals surface area contributed by atoms with Crippen LogP contribution >= 0.6 is 11.3 Å². The van der Waals surface area contributed by atoms with Crippen molar-refractivity contribution in [2.24, 2.45) is 0 Å². The van der Waals surface area contributed by atoms with E-state index in [0.717, 1.165) is 22.2 Å². The van der Waals surface area contributed by atoms with E-state index in [1.807, 2.05) is 11.3 Å². The second-order valence-electron chi connectivity index (χ2n) is 16.8. The summed E-state index contributed by atoms with van der Waals surface area (Å²) in [6.07, 6.45) is 0. The highest BCUT2D eigenvalue weighted by Crippen LogP contribution is 2.68. The molecule has 0 N–H and O–H groups in total. The van der Waals surface area contributed by atoms with E-state index >= 15 is 0 Å². The molecule has 0 saturated heterocycles. The van der Waals surface area contributed by atoms with Crippen molar-refractivity contribution in [3.63, 3.8) is 0 Å². The molecular weight excluding hydrogens is 755 g/mol. The molecule has 14 rings (SSSR count). The Bertz CT molecular complexity index is 3570. The Kier molecular flexibility index (Phi) is 6.63. The number of benzene rings is 9. The van der Waals surface area contributed by atoms with Gasteiger partial charge in [0.2, 0.25) is 0 Å². The fraction of sp³-hybridized carbons (Fsp3) is 0.0339. The molecule has 2 heterocycles. The number of fused-ring (bicyclic) bond motifs is 21. The van der Waals surface area contributed by atoms with Crippen molar-refractivity contribution in [2.45, 2.75) is 10.8 Å². The molecule has 9 aromatic carbocycles. The Morgan fingerprint density at radius 2 is 0.852 bits per heavy atom. The van der Waals surface area contributed by atoms with Gasteiger partial charge in [0.1, 0.15) is 0 Å². The van der Waals surface area contributed by atoms with E-state index < -0.39 is 10.8 Å². The lowest BCUT2D eigenvalue weighted by molar-refractivity contribution is 0.633. The summed E-state index contributed by atoms with van der Waals surface area (Å²) in [5.74, 6) is 0. The fourth-order valence-electron chi connectivity index (χ4n) is 11.9. The summed E-state index contributed by atoms with van der Waals surface area (Å²) in [5.41, 5.74) is 20.5. The number of para-hydroxylation sites is 1. The quantitative estimate of drug-likeness (QED) is 0.170. The monoisotopic (exact) mass is 789 g/mol. The molecule has 0 atom stereocenters. The van der Waals surface area contributed by atoms with Gasteiger partial charge in [0.15, 0.2) is 0 Å². The molecule has 2 spiro atoms. The molecule has 0 radical (unpaired) electrons. The van der Waals surface area contributed by atoms with E-state index in [4.69, 9.17) is 4.98 Å². The Labute approximate surface area is 357 Å². The van der Waals surface area contributed by atoms with Gasteiger partial charge in [0, 0.05) is 31.1 Å². The van der Waals surface area contributed by atoms with Crippen molar-refractivity contribution >= 4 is 42.4 Å². The van der Waals surface area contributed by atoms with Gasteiger partial charge in [-0.3, -0.25) is 0 Å². The molecule has 2 aromatic heterocycles. The molecular formula is C59H35NS. The van der Waals surface area contributed by atoms with E-state index in [-0.39, 0.29) is 0 Å². The van der Waals surface area contributed by atoms with Gasteiger partial charge in [-0.15, -0.1) is 11.3 Å². The molecule has 0 amide bonds. The number of rotatable bonds is 2. The van der Waals surface area contributed by atoms with E-state index in [1.165, 1.54) is 98.1 Å². The minimum atomic E-state index is -0.572. The number of aromatic nitrogens is 1. The van der Waals surface area contributed by atoms with Crippen molar-refractivity contribution < 1.29 is 0 Å². The fourth-order valence-corrected chi connectivity index (χ4v) is 13.0. The Morgan fingerprint density at radius 3 is 1.54 bits per heavy atom. The highest BCUT2D eigenvalue weighted by molar-refractivity contribution is 7.26. The molecule has 0 unspecified atom stereocenters. The van der Waals surface area contributed by atoms with E-state index in [0.29, 0.717) is 0 Å². The third-order valence-electron chi connectivity index (χ3n) is 14.2. The van der Waals surface area contributed by atoms with Crippen LogP contribution in [0.25, 0.3) is 75.7 Å². The van der Waals surface area contributed by atoms with Gasteiger partial charge in [0.25, 0.3) is 0 Å². The first-order valence-electron chi connectivity index (χ1n) is 21.2. The molecule has 0 bridgehead atoms. The van der Waals surface area contributed by atoms with Gasteiger partial charge < -0.3 is 0 Å². The van der Waals surface area contributed by atoms with Crippen LogP contribution in [0, 0.1) is 0 Å². The topological polar surface area (TPSA) is 12.9 Å². The van der Waals surface area contributed by atoms with Crippen LogP contribution in [-0.2, 0) is 10.8 Å². The maximum absolute atomic E-state index is 5.38. The van der Waals surface area contributed by atoms with Gasteiger partial charge in [-0.2, -0.15) is 0 Å². The largest absolute Gasteiger partial charge is 0.248 e. The van der Waals surface area contributed by atoms with Crippen LogP contribution in [0.4, 0.5) is 0 Å². The van der Waals surface area contributed by atoms with Crippen molar-refractivity contribution in [1.29, 1.82) is 0 Å². The third-order valence-corrected chi connectivity index (χ3v) is 15.3. The predicted molar refractivity (Wildman–Crippen MR) is 254 cm³/mol. The second-order valence-corrected chi connectivity index (χ2v) is 17.9. The second kappa shape index (κ2) is 12.1. The van der Waals surface area contributed by atoms with Crippen molar-refractivity contribution in [3.8, 4) is 44.6 Å². The average Bonchev–Trinajstić information content (AvgIpc) is 3.96. The van der Waals surface area contributed by atoms with Gasteiger partial charge >= 0.3 is 0 Å². The SMILES string of the molecule is c1ccc(-c2cc(-c3ccc4c(c3)-c3c(ccc5sc6ccccc6c35)C43c4ccccc4C4(c5ccccc5-c5ccccc54)c4ccccc43)nc3ccccc23)cc1. The number of nitrogens with zero attached hydrogens (tertiary/aromatic N) is 1. The van der Waals surface area contributed by atoms with Gasteiger partial charge in [-0.25, -0.2) is 4.98 Å². The summed E-state index contributed by atoms with van der Waals surface area (Å²) in [5, 5.41) is 3.82. The van der Waals surface area contributed by atoms with Crippen molar-refractivity contribution in [2.75, 3.05) is 0 Å². The number of thiophene rings is 1. The molecule has 2 heteroatoms. The molecule has 0 aliphatic heterocycles.